The molecule has 178 valence electrons. The molecule has 3 fully saturated rings. The van der Waals surface area contributed by atoms with Crippen LogP contribution in [0.15, 0.2) is 23.1 Å². The number of benzene rings is 1. The summed E-state index contributed by atoms with van der Waals surface area (Å²) in [7, 11) is 0.462. The Morgan fingerprint density at radius 3 is 2.22 bits per heavy atom. The molecule has 0 N–H and O–H groups in total. The smallest absolute Gasteiger partial charge is 0.253 e. The number of likely N-dealkylation sites (tertiary alicyclic amines) is 1. The molecule has 0 bridgehead atoms. The number of carbonyl (C=O) groups excluding carboxylic acids is 1. The zero-order valence-electron chi connectivity index (χ0n) is 19.6. The van der Waals surface area contributed by atoms with Crippen LogP contribution in [0.5, 0.6) is 0 Å². The Morgan fingerprint density at radius 2 is 1.56 bits per heavy atom. The van der Waals surface area contributed by atoms with Gasteiger partial charge in [0.15, 0.2) is 0 Å². The minimum atomic E-state index is -3.64. The normalized spacial score (nSPS) is 23.5. The van der Waals surface area contributed by atoms with Crippen molar-refractivity contribution in [2.45, 2.75) is 62.3 Å². The van der Waals surface area contributed by atoms with E-state index in [2.05, 4.69) is 23.9 Å². The molecule has 3 saturated heterocycles. The fraction of sp³-hybridized carbons (Fsp3) is 0.708. The number of rotatable bonds is 5. The zero-order valence-corrected chi connectivity index (χ0v) is 20.4. The quantitative estimate of drug-likeness (QED) is 0.673. The first-order valence-corrected chi connectivity index (χ1v) is 13.7. The molecule has 3 aliphatic heterocycles. The molecule has 0 radical (unpaired) electrons. The van der Waals surface area contributed by atoms with Crippen molar-refractivity contribution in [1.29, 1.82) is 0 Å². The van der Waals surface area contributed by atoms with E-state index in [1.54, 1.807) is 10.4 Å². The zero-order chi connectivity index (χ0) is 22.7. The van der Waals surface area contributed by atoms with Crippen LogP contribution in [0.1, 0.15) is 61.7 Å². The molecule has 32 heavy (non-hydrogen) atoms. The van der Waals surface area contributed by atoms with Crippen LogP contribution < -0.4 is 4.90 Å². The van der Waals surface area contributed by atoms with Gasteiger partial charge in [-0.15, -0.1) is 0 Å². The van der Waals surface area contributed by atoms with Crippen molar-refractivity contribution in [3.8, 4) is 0 Å². The van der Waals surface area contributed by atoms with Gasteiger partial charge in [0.2, 0.25) is 10.0 Å². The first kappa shape index (κ1) is 23.5. The van der Waals surface area contributed by atoms with Gasteiger partial charge in [0.05, 0.1) is 5.69 Å². The minimum Gasteiger partial charge on any atom is -0.370 e. The van der Waals surface area contributed by atoms with Crippen LogP contribution in [0.2, 0.25) is 0 Å². The maximum absolute atomic E-state index is 13.7. The Kier molecular flexibility index (Phi) is 7.42. The predicted octanol–water partition coefficient (Wildman–Crippen LogP) is 3.02. The van der Waals surface area contributed by atoms with Gasteiger partial charge < -0.3 is 14.7 Å². The van der Waals surface area contributed by atoms with E-state index in [4.69, 9.17) is 0 Å². The molecule has 7 nitrogen and oxygen atoms in total. The molecule has 3 heterocycles. The number of amides is 1. The molecule has 1 aromatic rings. The molecule has 1 unspecified atom stereocenters. The van der Waals surface area contributed by atoms with Crippen molar-refractivity contribution < 1.29 is 13.2 Å². The molecular formula is C24H38N4O3S. The highest BCUT2D eigenvalue weighted by molar-refractivity contribution is 7.89. The first-order valence-electron chi connectivity index (χ1n) is 12.2. The average molecular weight is 463 g/mol. The summed E-state index contributed by atoms with van der Waals surface area (Å²) in [6.45, 7) is 4.28. The van der Waals surface area contributed by atoms with Crippen LogP contribution in [-0.4, -0.2) is 87.8 Å². The van der Waals surface area contributed by atoms with E-state index >= 15 is 0 Å². The molecule has 0 aliphatic carbocycles. The molecule has 8 heteroatoms. The molecule has 1 aromatic carbocycles. The van der Waals surface area contributed by atoms with Crippen LogP contribution in [0, 0.1) is 0 Å². The van der Waals surface area contributed by atoms with E-state index in [1.807, 2.05) is 17.0 Å². The highest BCUT2D eigenvalue weighted by Crippen LogP contribution is 2.33. The minimum absolute atomic E-state index is 0.0585. The number of hydrogen-bond acceptors (Lipinski definition) is 5. The van der Waals surface area contributed by atoms with Crippen LogP contribution in [-0.2, 0) is 10.0 Å². The highest BCUT2D eigenvalue weighted by atomic mass is 32.2. The van der Waals surface area contributed by atoms with Crippen LogP contribution in [0.3, 0.4) is 0 Å². The van der Waals surface area contributed by atoms with E-state index in [0.717, 1.165) is 70.3 Å². The van der Waals surface area contributed by atoms with Gasteiger partial charge in [-0.3, -0.25) is 4.79 Å². The highest BCUT2D eigenvalue weighted by Gasteiger charge is 2.32. The van der Waals surface area contributed by atoms with Gasteiger partial charge in [-0.25, -0.2) is 8.42 Å². The summed E-state index contributed by atoms with van der Waals surface area (Å²) in [5.74, 6) is -0.0585. The largest absolute Gasteiger partial charge is 0.370 e. The Balaban J connectivity index is 1.67. The average Bonchev–Trinajstić information content (AvgIpc) is 2.84. The fourth-order valence-corrected chi connectivity index (χ4v) is 6.99. The second kappa shape index (κ2) is 10.1. The summed E-state index contributed by atoms with van der Waals surface area (Å²) < 4.78 is 29.0. The number of carbonyl (C=O) groups is 1. The maximum Gasteiger partial charge on any atom is 0.253 e. The van der Waals surface area contributed by atoms with E-state index in [-0.39, 0.29) is 5.91 Å². The van der Waals surface area contributed by atoms with Gasteiger partial charge in [-0.05, 0) is 77.2 Å². The summed E-state index contributed by atoms with van der Waals surface area (Å²) in [5.41, 5.74) is 1.25. The molecular weight excluding hydrogens is 424 g/mol. The molecule has 1 amide bonds. The summed E-state index contributed by atoms with van der Waals surface area (Å²) in [5, 5.41) is 0. The molecule has 3 aliphatic rings. The predicted molar refractivity (Wildman–Crippen MR) is 128 cm³/mol. The second-order valence-corrected chi connectivity index (χ2v) is 11.6. The van der Waals surface area contributed by atoms with Gasteiger partial charge in [0.25, 0.3) is 5.91 Å². The summed E-state index contributed by atoms with van der Waals surface area (Å²) in [6, 6.07) is 5.72. The molecule has 4 rings (SSSR count). The topological polar surface area (TPSA) is 64.2 Å². The maximum atomic E-state index is 13.7. The fourth-order valence-electron chi connectivity index (χ4n) is 5.24. The SMILES string of the molecule is CN(C)C1CCCN(C(=O)c2ccc(N3CCCCC3)c(S(=O)(=O)N3CCCCC3)c2)C1. The van der Waals surface area contributed by atoms with Crippen LogP contribution >= 0.6 is 0 Å². The Labute approximate surface area is 193 Å². The molecule has 1 atom stereocenters. The lowest BCUT2D eigenvalue weighted by Gasteiger charge is -2.36. The Morgan fingerprint density at radius 1 is 0.906 bits per heavy atom. The van der Waals surface area contributed by atoms with Crippen molar-refractivity contribution in [1.82, 2.24) is 14.1 Å². The van der Waals surface area contributed by atoms with Gasteiger partial charge in [0.1, 0.15) is 4.90 Å². The Bertz CT molecular complexity index is 906. The summed E-state index contributed by atoms with van der Waals surface area (Å²) in [6.07, 6.45) is 8.26. The van der Waals surface area contributed by atoms with Gasteiger partial charge in [-0.1, -0.05) is 6.42 Å². The van der Waals surface area contributed by atoms with Crippen molar-refractivity contribution in [2.24, 2.45) is 0 Å². The van der Waals surface area contributed by atoms with Crippen molar-refractivity contribution in [3.05, 3.63) is 23.8 Å². The third-order valence-electron chi connectivity index (χ3n) is 7.25. The lowest BCUT2D eigenvalue weighted by atomic mass is 10.0. The summed E-state index contributed by atoms with van der Waals surface area (Å²) in [4.78, 5) is 20.0. The lowest BCUT2D eigenvalue weighted by molar-refractivity contribution is 0.0635. The van der Waals surface area contributed by atoms with Crippen LogP contribution in [0.25, 0.3) is 0 Å². The van der Waals surface area contributed by atoms with Gasteiger partial charge in [0, 0.05) is 50.9 Å². The third-order valence-corrected chi connectivity index (χ3v) is 9.18. The van der Waals surface area contributed by atoms with Gasteiger partial charge in [-0.2, -0.15) is 4.31 Å². The number of hydrogen-bond donors (Lipinski definition) is 0. The summed E-state index contributed by atoms with van der Waals surface area (Å²) >= 11 is 0. The third kappa shape index (κ3) is 4.97. The van der Waals surface area contributed by atoms with E-state index < -0.39 is 10.0 Å². The van der Waals surface area contributed by atoms with E-state index in [9.17, 15) is 13.2 Å². The number of anilines is 1. The van der Waals surface area contributed by atoms with Crippen molar-refractivity contribution in [3.63, 3.8) is 0 Å². The van der Waals surface area contributed by atoms with Crippen LogP contribution in [0.4, 0.5) is 5.69 Å². The van der Waals surface area contributed by atoms with Crippen molar-refractivity contribution >= 4 is 21.6 Å². The molecule has 0 aromatic heterocycles. The number of likely N-dealkylation sites (N-methyl/N-ethyl adjacent to an activating group) is 1. The Hall–Kier alpha value is -1.64. The van der Waals surface area contributed by atoms with Crippen molar-refractivity contribution in [2.75, 3.05) is 58.3 Å². The van der Waals surface area contributed by atoms with E-state index in [0.29, 0.717) is 36.1 Å². The standard InChI is InChI=1S/C24H38N4O3S/c1-25(2)21-10-9-15-27(19-21)24(29)20-11-12-22(26-13-5-3-6-14-26)23(18-20)32(30,31)28-16-7-4-8-17-28/h11-12,18,21H,3-10,13-17,19H2,1-2H3. The molecule has 0 spiro atoms. The van der Waals surface area contributed by atoms with E-state index in [1.165, 1.54) is 6.42 Å². The molecule has 0 saturated carbocycles. The second-order valence-electron chi connectivity index (χ2n) is 9.71. The number of piperidine rings is 3. The first-order chi connectivity index (χ1) is 15.4. The number of nitrogens with zero attached hydrogens (tertiary/aromatic N) is 4. The number of sulfonamides is 1. The lowest BCUT2D eigenvalue weighted by Crippen LogP contribution is -2.47. The van der Waals surface area contributed by atoms with Gasteiger partial charge >= 0.3 is 0 Å². The monoisotopic (exact) mass is 462 g/mol.